The molecule has 0 bridgehead atoms. The number of carbonyl (C=O) groups excluding carboxylic acids is 1. The Bertz CT molecular complexity index is 720. The molecule has 1 aromatic carbocycles. The zero-order valence-electron chi connectivity index (χ0n) is 15.3. The van der Waals surface area contributed by atoms with Crippen LogP contribution in [0.5, 0.6) is 0 Å². The molecule has 0 radical (unpaired) electrons. The fourth-order valence-corrected chi connectivity index (χ4v) is 7.07. The summed E-state index contributed by atoms with van der Waals surface area (Å²) in [6.07, 6.45) is 5.77. The van der Waals surface area contributed by atoms with Crippen molar-refractivity contribution in [2.45, 2.75) is 56.5 Å². The first-order chi connectivity index (χ1) is 12.2. The van der Waals surface area contributed by atoms with E-state index in [9.17, 15) is 4.79 Å². The fourth-order valence-electron chi connectivity index (χ4n) is 7.07. The van der Waals surface area contributed by atoms with Gasteiger partial charge in [-0.05, 0) is 62.2 Å². The summed E-state index contributed by atoms with van der Waals surface area (Å²) < 4.78 is 5.28. The Labute approximate surface area is 149 Å². The van der Waals surface area contributed by atoms with Crippen molar-refractivity contribution in [3.63, 3.8) is 0 Å². The number of piperidine rings is 1. The number of fused-ring (bicyclic) bond motifs is 1. The van der Waals surface area contributed by atoms with E-state index < -0.39 is 0 Å². The first-order valence-corrected chi connectivity index (χ1v) is 9.84. The summed E-state index contributed by atoms with van der Waals surface area (Å²) in [4.78, 5) is 15.5. The smallest absolute Gasteiger partial charge is 0.310 e. The van der Waals surface area contributed by atoms with E-state index in [2.05, 4.69) is 41.4 Å². The molecule has 1 aliphatic carbocycles. The third-order valence-corrected chi connectivity index (χ3v) is 7.90. The van der Waals surface area contributed by atoms with Crippen LogP contribution in [-0.2, 0) is 14.9 Å². The second-order valence-electron chi connectivity index (χ2n) is 8.55. The molecular formula is C21H28N2O2. The molecule has 1 aromatic rings. The Kier molecular flexibility index (Phi) is 3.28. The van der Waals surface area contributed by atoms with Crippen LogP contribution in [0.1, 0.15) is 44.6 Å². The second kappa shape index (κ2) is 5.23. The highest BCUT2D eigenvalue weighted by Gasteiger charge is 2.69. The van der Waals surface area contributed by atoms with Crippen LogP contribution in [0.15, 0.2) is 24.3 Å². The highest BCUT2D eigenvalue weighted by molar-refractivity contribution is 5.78. The van der Waals surface area contributed by atoms with Crippen molar-refractivity contribution in [3.05, 3.63) is 29.8 Å². The standard InChI is InChI=1S/C21H28N2O2/c1-3-20-9-6-11-23-12-10-21(19(20)23)15-7-4-5-8-16(15)22-17(21)14(13-20)18(24)25-2/h4-5,7-8,14,17,19,22H,3,6,9-13H2,1-2H3/t14?,17-,19-,20-,21-/m0/s1. The maximum Gasteiger partial charge on any atom is 0.310 e. The lowest BCUT2D eigenvalue weighted by Crippen LogP contribution is -2.67. The van der Waals surface area contributed by atoms with Gasteiger partial charge in [-0.25, -0.2) is 0 Å². The molecule has 1 spiro atoms. The second-order valence-corrected chi connectivity index (χ2v) is 8.55. The van der Waals surface area contributed by atoms with Crippen LogP contribution in [0.3, 0.4) is 0 Å². The monoisotopic (exact) mass is 340 g/mol. The predicted octanol–water partition coefficient (Wildman–Crippen LogP) is 3.18. The SMILES string of the molecule is CC[C@]12CCCN3CC[C@@]4(c5ccccc5N[C@H]4C(C(=O)OC)C1)[C@@H]32. The molecule has 3 aliphatic heterocycles. The molecule has 25 heavy (non-hydrogen) atoms. The molecule has 4 aliphatic rings. The molecule has 1 N–H and O–H groups in total. The van der Waals surface area contributed by atoms with E-state index in [-0.39, 0.29) is 28.8 Å². The van der Waals surface area contributed by atoms with Gasteiger partial charge in [0.1, 0.15) is 0 Å². The minimum absolute atomic E-state index is 0.0278. The lowest BCUT2D eigenvalue weighted by Gasteiger charge is -2.59. The Hall–Kier alpha value is -1.55. The molecule has 3 fully saturated rings. The van der Waals surface area contributed by atoms with Gasteiger partial charge in [0.25, 0.3) is 0 Å². The number of ether oxygens (including phenoxy) is 1. The van der Waals surface area contributed by atoms with Crippen molar-refractivity contribution >= 4 is 11.7 Å². The maximum absolute atomic E-state index is 12.8. The van der Waals surface area contributed by atoms with Crippen LogP contribution in [-0.4, -0.2) is 43.2 Å². The van der Waals surface area contributed by atoms with Crippen molar-refractivity contribution in [2.75, 3.05) is 25.5 Å². The zero-order valence-corrected chi connectivity index (χ0v) is 15.3. The van der Waals surface area contributed by atoms with Crippen molar-refractivity contribution in [1.82, 2.24) is 4.90 Å². The summed E-state index contributed by atoms with van der Waals surface area (Å²) in [5, 5.41) is 3.77. The van der Waals surface area contributed by atoms with Crippen LogP contribution >= 0.6 is 0 Å². The molecule has 0 amide bonds. The van der Waals surface area contributed by atoms with Crippen LogP contribution in [0.4, 0.5) is 5.69 Å². The van der Waals surface area contributed by atoms with Gasteiger partial charge in [0.2, 0.25) is 0 Å². The number of esters is 1. The molecule has 4 nitrogen and oxygen atoms in total. The van der Waals surface area contributed by atoms with Gasteiger partial charge in [0, 0.05) is 17.1 Å². The van der Waals surface area contributed by atoms with Crippen LogP contribution < -0.4 is 5.32 Å². The first kappa shape index (κ1) is 15.7. The summed E-state index contributed by atoms with van der Waals surface area (Å²) in [6, 6.07) is 9.49. The topological polar surface area (TPSA) is 41.6 Å². The van der Waals surface area contributed by atoms with E-state index in [4.69, 9.17) is 4.74 Å². The van der Waals surface area contributed by atoms with Crippen molar-refractivity contribution in [3.8, 4) is 0 Å². The van der Waals surface area contributed by atoms with E-state index >= 15 is 0 Å². The molecule has 4 heteroatoms. The molecule has 5 rings (SSSR count). The van der Waals surface area contributed by atoms with Gasteiger partial charge in [-0.2, -0.15) is 0 Å². The van der Waals surface area contributed by atoms with E-state index in [1.807, 2.05) is 0 Å². The summed E-state index contributed by atoms with van der Waals surface area (Å²) in [5.74, 6) is -0.0772. The Morgan fingerprint density at radius 3 is 2.96 bits per heavy atom. The van der Waals surface area contributed by atoms with Crippen LogP contribution in [0.2, 0.25) is 0 Å². The number of methoxy groups -OCH3 is 1. The zero-order chi connectivity index (χ0) is 17.2. The van der Waals surface area contributed by atoms with E-state index in [0.717, 1.165) is 25.8 Å². The third kappa shape index (κ3) is 1.79. The lowest BCUT2D eigenvalue weighted by atomic mass is 9.49. The summed E-state index contributed by atoms with van der Waals surface area (Å²) in [7, 11) is 1.55. The number of benzene rings is 1. The number of anilines is 1. The number of hydrogen-bond donors (Lipinski definition) is 1. The van der Waals surface area contributed by atoms with E-state index in [1.54, 1.807) is 7.11 Å². The Morgan fingerprint density at radius 1 is 1.32 bits per heavy atom. The number of nitrogens with zero attached hydrogens (tertiary/aromatic N) is 1. The van der Waals surface area contributed by atoms with Gasteiger partial charge in [0.15, 0.2) is 0 Å². The molecule has 134 valence electrons. The van der Waals surface area contributed by atoms with Crippen molar-refractivity contribution in [2.24, 2.45) is 11.3 Å². The minimum atomic E-state index is -0.0494. The lowest BCUT2D eigenvalue weighted by molar-refractivity contribution is -0.153. The van der Waals surface area contributed by atoms with Crippen LogP contribution in [0, 0.1) is 11.3 Å². The first-order valence-electron chi connectivity index (χ1n) is 9.84. The van der Waals surface area contributed by atoms with Gasteiger partial charge in [-0.3, -0.25) is 9.69 Å². The minimum Gasteiger partial charge on any atom is -0.469 e. The number of para-hydroxylation sites is 1. The summed E-state index contributed by atoms with van der Waals surface area (Å²) in [6.45, 7) is 4.71. The van der Waals surface area contributed by atoms with Gasteiger partial charge in [-0.15, -0.1) is 0 Å². The molecular weight excluding hydrogens is 312 g/mol. The average molecular weight is 340 g/mol. The molecule has 5 atom stereocenters. The molecule has 1 unspecified atom stereocenters. The van der Waals surface area contributed by atoms with Gasteiger partial charge >= 0.3 is 5.97 Å². The Balaban J connectivity index is 1.73. The third-order valence-electron chi connectivity index (χ3n) is 7.90. The molecule has 1 saturated carbocycles. The van der Waals surface area contributed by atoms with Gasteiger partial charge in [0.05, 0.1) is 19.1 Å². The Morgan fingerprint density at radius 2 is 2.16 bits per heavy atom. The average Bonchev–Trinajstić information content (AvgIpc) is 3.21. The summed E-state index contributed by atoms with van der Waals surface area (Å²) in [5.41, 5.74) is 2.98. The normalized spacial score (nSPS) is 41.4. The molecule has 0 aromatic heterocycles. The van der Waals surface area contributed by atoms with Gasteiger partial charge < -0.3 is 10.1 Å². The highest BCUT2D eigenvalue weighted by Crippen LogP contribution is 2.65. The number of rotatable bonds is 2. The predicted molar refractivity (Wildman–Crippen MR) is 97.6 cm³/mol. The number of nitrogens with one attached hydrogen (secondary N) is 1. The quantitative estimate of drug-likeness (QED) is 0.840. The fraction of sp³-hybridized carbons (Fsp3) is 0.667. The molecule has 3 heterocycles. The number of hydrogen-bond acceptors (Lipinski definition) is 4. The van der Waals surface area contributed by atoms with E-state index in [1.165, 1.54) is 30.6 Å². The van der Waals surface area contributed by atoms with E-state index in [0.29, 0.717) is 6.04 Å². The molecule has 2 saturated heterocycles. The summed E-state index contributed by atoms with van der Waals surface area (Å²) >= 11 is 0. The highest BCUT2D eigenvalue weighted by atomic mass is 16.5. The van der Waals surface area contributed by atoms with Crippen LogP contribution in [0.25, 0.3) is 0 Å². The largest absolute Gasteiger partial charge is 0.469 e. The van der Waals surface area contributed by atoms with Crippen molar-refractivity contribution in [1.29, 1.82) is 0 Å². The maximum atomic E-state index is 12.8. The van der Waals surface area contributed by atoms with Crippen molar-refractivity contribution < 1.29 is 9.53 Å². The van der Waals surface area contributed by atoms with Gasteiger partial charge in [-0.1, -0.05) is 25.1 Å². The number of carbonyl (C=O) groups is 1.